The zero-order valence-corrected chi connectivity index (χ0v) is 17.7. The summed E-state index contributed by atoms with van der Waals surface area (Å²) in [6.07, 6.45) is 3.52. The molecule has 4 N–H and O–H groups in total. The summed E-state index contributed by atoms with van der Waals surface area (Å²) in [4.78, 5) is 4.28. The maximum Gasteiger partial charge on any atom is 0.238 e. The molecule has 1 rings (SSSR count). The largest absolute Gasteiger partial charge is 0.356 e. The van der Waals surface area contributed by atoms with E-state index in [9.17, 15) is 8.42 Å². The van der Waals surface area contributed by atoms with Gasteiger partial charge in [-0.05, 0) is 30.0 Å². The molecule has 1 aromatic carbocycles. The van der Waals surface area contributed by atoms with E-state index in [4.69, 9.17) is 5.14 Å². The Balaban J connectivity index is 0.00000529. The molecule has 0 aliphatic heterocycles. The fourth-order valence-electron chi connectivity index (χ4n) is 2.12. The minimum Gasteiger partial charge on any atom is -0.356 e. The van der Waals surface area contributed by atoms with Crippen molar-refractivity contribution in [2.45, 2.75) is 44.6 Å². The van der Waals surface area contributed by atoms with Crippen molar-refractivity contribution in [3.05, 3.63) is 29.8 Å². The zero-order valence-electron chi connectivity index (χ0n) is 14.6. The van der Waals surface area contributed by atoms with Crippen LogP contribution in [0, 0.1) is 5.92 Å². The number of nitrogens with zero attached hydrogens (tertiary/aromatic N) is 1. The quantitative estimate of drug-likeness (QED) is 0.236. The topological polar surface area (TPSA) is 96.6 Å². The first kappa shape index (κ1) is 23.1. The molecule has 0 atom stereocenters. The van der Waals surface area contributed by atoms with E-state index in [-0.39, 0.29) is 28.9 Å². The Morgan fingerprint density at radius 3 is 2.54 bits per heavy atom. The molecular weight excluding hydrogens is 439 g/mol. The average molecular weight is 468 g/mol. The standard InChI is InChI=1S/C16H28N4O2S.HI/c1-13(2)7-4-5-10-19-16(18-3)20-12-14-8-6-9-15(11-14)23(17,21)22;/h6,8-9,11,13H,4-5,7,10,12H2,1-3H3,(H2,17,21,22)(H2,18,19,20);1H. The van der Waals surface area contributed by atoms with Crippen LogP contribution in [-0.4, -0.2) is 28.0 Å². The Morgan fingerprint density at radius 1 is 1.25 bits per heavy atom. The lowest BCUT2D eigenvalue weighted by atomic mass is 10.1. The summed E-state index contributed by atoms with van der Waals surface area (Å²) in [6, 6.07) is 6.58. The number of aliphatic imine (C=N–C) groups is 1. The molecule has 0 bridgehead atoms. The van der Waals surface area contributed by atoms with Gasteiger partial charge < -0.3 is 10.6 Å². The predicted octanol–water partition coefficient (Wildman–Crippen LogP) is 2.44. The molecule has 0 aliphatic rings. The number of unbranched alkanes of at least 4 members (excludes halogenated alkanes) is 1. The minimum atomic E-state index is -3.67. The number of nitrogens with one attached hydrogen (secondary N) is 2. The van der Waals surface area contributed by atoms with Crippen LogP contribution in [0.25, 0.3) is 0 Å². The minimum absolute atomic E-state index is 0. The molecule has 0 aromatic heterocycles. The lowest BCUT2D eigenvalue weighted by Crippen LogP contribution is -2.37. The first-order valence-corrected chi connectivity index (χ1v) is 9.44. The van der Waals surface area contributed by atoms with E-state index in [1.54, 1.807) is 19.2 Å². The van der Waals surface area contributed by atoms with E-state index < -0.39 is 10.0 Å². The number of halogens is 1. The molecule has 0 saturated heterocycles. The summed E-state index contributed by atoms with van der Waals surface area (Å²) in [5, 5.41) is 11.6. The van der Waals surface area contributed by atoms with Crippen molar-refractivity contribution in [3.63, 3.8) is 0 Å². The average Bonchev–Trinajstić information content (AvgIpc) is 2.49. The SMILES string of the molecule is CN=C(NCCCCC(C)C)NCc1cccc(S(N)(=O)=O)c1.I. The van der Waals surface area contributed by atoms with Gasteiger partial charge in [0.25, 0.3) is 0 Å². The van der Waals surface area contributed by atoms with Gasteiger partial charge in [-0.3, -0.25) is 4.99 Å². The Bertz CT molecular complexity index is 618. The molecule has 0 saturated carbocycles. The number of rotatable bonds is 8. The summed E-state index contributed by atoms with van der Waals surface area (Å²) >= 11 is 0. The third kappa shape index (κ3) is 9.43. The normalized spacial score (nSPS) is 12.0. The van der Waals surface area contributed by atoms with Crippen molar-refractivity contribution < 1.29 is 8.42 Å². The first-order chi connectivity index (χ1) is 10.8. The summed E-state index contributed by atoms with van der Waals surface area (Å²) in [7, 11) is -1.96. The lowest BCUT2D eigenvalue weighted by Gasteiger charge is -2.12. The fraction of sp³-hybridized carbons (Fsp3) is 0.562. The molecule has 138 valence electrons. The number of hydrogen-bond acceptors (Lipinski definition) is 3. The fourth-order valence-corrected chi connectivity index (χ4v) is 2.71. The van der Waals surface area contributed by atoms with Crippen molar-refractivity contribution in [1.82, 2.24) is 10.6 Å². The van der Waals surface area contributed by atoms with Crippen LogP contribution in [0.15, 0.2) is 34.2 Å². The second kappa shape index (κ2) is 11.6. The van der Waals surface area contributed by atoms with Gasteiger partial charge in [-0.25, -0.2) is 13.6 Å². The van der Waals surface area contributed by atoms with E-state index in [0.717, 1.165) is 24.4 Å². The van der Waals surface area contributed by atoms with Crippen LogP contribution in [0.4, 0.5) is 0 Å². The third-order valence-corrected chi connectivity index (χ3v) is 4.32. The second-order valence-electron chi connectivity index (χ2n) is 5.93. The molecule has 6 nitrogen and oxygen atoms in total. The van der Waals surface area contributed by atoms with Gasteiger partial charge >= 0.3 is 0 Å². The number of hydrogen-bond donors (Lipinski definition) is 3. The monoisotopic (exact) mass is 468 g/mol. The molecule has 0 heterocycles. The van der Waals surface area contributed by atoms with E-state index in [1.165, 1.54) is 18.9 Å². The van der Waals surface area contributed by atoms with E-state index in [1.807, 2.05) is 6.07 Å². The van der Waals surface area contributed by atoms with Gasteiger partial charge in [-0.1, -0.05) is 38.8 Å². The molecule has 0 spiro atoms. The van der Waals surface area contributed by atoms with Crippen molar-refractivity contribution in [1.29, 1.82) is 0 Å². The first-order valence-electron chi connectivity index (χ1n) is 7.89. The summed E-state index contributed by atoms with van der Waals surface area (Å²) in [5.74, 6) is 1.44. The summed E-state index contributed by atoms with van der Waals surface area (Å²) < 4.78 is 22.7. The molecule has 0 amide bonds. The Labute approximate surface area is 162 Å². The van der Waals surface area contributed by atoms with Crippen LogP contribution in [0.2, 0.25) is 0 Å². The predicted molar refractivity (Wildman–Crippen MR) is 110 cm³/mol. The Morgan fingerprint density at radius 2 is 1.96 bits per heavy atom. The molecular formula is C16H29IN4O2S. The number of primary sulfonamides is 1. The maximum absolute atomic E-state index is 11.4. The van der Waals surface area contributed by atoms with Crippen molar-refractivity contribution >= 4 is 40.0 Å². The molecule has 0 unspecified atom stereocenters. The maximum atomic E-state index is 11.4. The second-order valence-corrected chi connectivity index (χ2v) is 7.50. The molecule has 0 fully saturated rings. The highest BCUT2D eigenvalue weighted by Crippen LogP contribution is 2.09. The molecule has 0 aliphatic carbocycles. The van der Waals surface area contributed by atoms with Gasteiger partial charge in [-0.15, -0.1) is 24.0 Å². The molecule has 8 heteroatoms. The lowest BCUT2D eigenvalue weighted by molar-refractivity contribution is 0.534. The van der Waals surface area contributed by atoms with Crippen molar-refractivity contribution in [2.75, 3.05) is 13.6 Å². The molecule has 0 radical (unpaired) electrons. The highest BCUT2D eigenvalue weighted by molar-refractivity contribution is 14.0. The Hall–Kier alpha value is -0.870. The van der Waals surface area contributed by atoms with Gasteiger partial charge in [0, 0.05) is 20.1 Å². The highest BCUT2D eigenvalue weighted by Gasteiger charge is 2.08. The number of benzene rings is 1. The van der Waals surface area contributed by atoms with Crippen LogP contribution in [0.3, 0.4) is 0 Å². The van der Waals surface area contributed by atoms with Crippen LogP contribution in [-0.2, 0) is 16.6 Å². The number of nitrogens with two attached hydrogens (primary N) is 1. The number of sulfonamides is 1. The van der Waals surface area contributed by atoms with Gasteiger partial charge in [-0.2, -0.15) is 0 Å². The van der Waals surface area contributed by atoms with Crippen LogP contribution < -0.4 is 15.8 Å². The Kier molecular flexibility index (Phi) is 11.2. The van der Waals surface area contributed by atoms with E-state index >= 15 is 0 Å². The van der Waals surface area contributed by atoms with Gasteiger partial charge in [0.2, 0.25) is 10.0 Å². The van der Waals surface area contributed by atoms with Crippen LogP contribution in [0.1, 0.15) is 38.7 Å². The summed E-state index contributed by atoms with van der Waals surface area (Å²) in [6.45, 7) is 5.80. The van der Waals surface area contributed by atoms with Crippen molar-refractivity contribution in [2.24, 2.45) is 16.0 Å². The molecule has 24 heavy (non-hydrogen) atoms. The number of guanidine groups is 1. The van der Waals surface area contributed by atoms with Gasteiger partial charge in [0.15, 0.2) is 5.96 Å². The van der Waals surface area contributed by atoms with Crippen molar-refractivity contribution in [3.8, 4) is 0 Å². The van der Waals surface area contributed by atoms with E-state index in [2.05, 4.69) is 29.5 Å². The van der Waals surface area contributed by atoms with Gasteiger partial charge in [0.05, 0.1) is 4.90 Å². The zero-order chi connectivity index (χ0) is 17.3. The summed E-state index contributed by atoms with van der Waals surface area (Å²) in [5.41, 5.74) is 0.833. The van der Waals surface area contributed by atoms with Crippen LogP contribution in [0.5, 0.6) is 0 Å². The van der Waals surface area contributed by atoms with Crippen LogP contribution >= 0.6 is 24.0 Å². The van der Waals surface area contributed by atoms with Gasteiger partial charge in [0.1, 0.15) is 0 Å². The smallest absolute Gasteiger partial charge is 0.238 e. The third-order valence-electron chi connectivity index (χ3n) is 3.41. The highest BCUT2D eigenvalue weighted by atomic mass is 127. The molecule has 1 aromatic rings. The van der Waals surface area contributed by atoms with E-state index in [0.29, 0.717) is 12.5 Å².